The first-order valence-corrected chi connectivity index (χ1v) is 7.06. The summed E-state index contributed by atoms with van der Waals surface area (Å²) in [5, 5.41) is 10.3. The monoisotopic (exact) mass is 290 g/mol. The Hall–Kier alpha value is -0.380. The van der Waals surface area contributed by atoms with Gasteiger partial charge in [-0.25, -0.2) is 0 Å². The summed E-state index contributed by atoms with van der Waals surface area (Å²) in [5.41, 5.74) is 0. The lowest BCUT2D eigenvalue weighted by Crippen LogP contribution is -2.19. The molecule has 0 spiro atoms. The van der Waals surface area contributed by atoms with E-state index in [9.17, 15) is 4.79 Å². The number of carboxylic acid groups (broad SMARTS) is 1. The molecule has 0 radical (unpaired) electrons. The quantitative estimate of drug-likeness (QED) is 0.900. The molecule has 2 atom stereocenters. The van der Waals surface area contributed by atoms with E-state index in [4.69, 9.17) is 28.3 Å². The number of aliphatic carboxylic acids is 1. The molecule has 0 saturated heterocycles. The molecule has 1 aromatic carbocycles. The van der Waals surface area contributed by atoms with E-state index in [1.165, 1.54) is 0 Å². The van der Waals surface area contributed by atoms with E-state index >= 15 is 0 Å². The second-order valence-electron chi connectivity index (χ2n) is 4.11. The van der Waals surface area contributed by atoms with Crippen molar-refractivity contribution in [2.75, 3.05) is 0 Å². The fourth-order valence-corrected chi connectivity index (χ4v) is 3.82. The van der Waals surface area contributed by atoms with Crippen LogP contribution in [0, 0.1) is 5.92 Å². The van der Waals surface area contributed by atoms with Gasteiger partial charge in [-0.05, 0) is 31.0 Å². The highest BCUT2D eigenvalue weighted by molar-refractivity contribution is 8.00. The topological polar surface area (TPSA) is 37.3 Å². The Kier molecular flexibility index (Phi) is 4.23. The average Bonchev–Trinajstić information content (AvgIpc) is 2.72. The number of carbonyl (C=O) groups is 1. The largest absolute Gasteiger partial charge is 0.481 e. The molecule has 1 saturated carbocycles. The fraction of sp³-hybridized carbons (Fsp3) is 0.417. The van der Waals surface area contributed by atoms with Crippen LogP contribution in [-0.4, -0.2) is 16.3 Å². The number of hydrogen-bond acceptors (Lipinski definition) is 2. The third-order valence-corrected chi connectivity index (χ3v) is 5.08. The minimum Gasteiger partial charge on any atom is -0.481 e. The highest BCUT2D eigenvalue weighted by atomic mass is 35.5. The number of carboxylic acids is 1. The molecule has 0 aromatic heterocycles. The van der Waals surface area contributed by atoms with Crippen LogP contribution in [0.3, 0.4) is 0 Å². The van der Waals surface area contributed by atoms with E-state index < -0.39 is 5.97 Å². The smallest absolute Gasteiger partial charge is 0.307 e. The number of thioether (sulfide) groups is 1. The van der Waals surface area contributed by atoms with Gasteiger partial charge in [-0.15, -0.1) is 11.8 Å². The second kappa shape index (κ2) is 5.51. The molecular weight excluding hydrogens is 279 g/mol. The molecule has 1 aromatic rings. The second-order valence-corrected chi connectivity index (χ2v) is 6.23. The first-order chi connectivity index (χ1) is 8.08. The van der Waals surface area contributed by atoms with Crippen LogP contribution in [0.25, 0.3) is 0 Å². The van der Waals surface area contributed by atoms with E-state index in [2.05, 4.69) is 0 Å². The third-order valence-electron chi connectivity index (χ3n) is 2.95. The lowest BCUT2D eigenvalue weighted by Gasteiger charge is -2.15. The molecule has 2 rings (SSSR count). The lowest BCUT2D eigenvalue weighted by atomic mass is 10.1. The van der Waals surface area contributed by atoms with Gasteiger partial charge >= 0.3 is 5.97 Å². The van der Waals surface area contributed by atoms with Crippen molar-refractivity contribution in [1.29, 1.82) is 0 Å². The van der Waals surface area contributed by atoms with Gasteiger partial charge in [-0.2, -0.15) is 0 Å². The van der Waals surface area contributed by atoms with Crippen molar-refractivity contribution in [2.45, 2.75) is 29.4 Å². The summed E-state index contributed by atoms with van der Waals surface area (Å²) in [4.78, 5) is 12.0. The molecule has 2 unspecified atom stereocenters. The molecule has 0 bridgehead atoms. The van der Waals surface area contributed by atoms with Crippen LogP contribution < -0.4 is 0 Å². The molecule has 92 valence electrons. The molecule has 1 N–H and O–H groups in total. The normalized spacial score (nSPS) is 23.9. The van der Waals surface area contributed by atoms with Crippen molar-refractivity contribution in [2.24, 2.45) is 5.92 Å². The molecule has 1 fully saturated rings. The van der Waals surface area contributed by atoms with Gasteiger partial charge in [-0.1, -0.05) is 29.6 Å². The predicted molar refractivity (Wildman–Crippen MR) is 71.1 cm³/mol. The highest BCUT2D eigenvalue weighted by Gasteiger charge is 2.33. The van der Waals surface area contributed by atoms with Crippen molar-refractivity contribution in [3.05, 3.63) is 28.2 Å². The van der Waals surface area contributed by atoms with Crippen molar-refractivity contribution < 1.29 is 9.90 Å². The lowest BCUT2D eigenvalue weighted by molar-refractivity contribution is -0.141. The predicted octanol–water partition coefficient (Wildman–Crippen LogP) is 4.34. The van der Waals surface area contributed by atoms with Crippen LogP contribution in [0.2, 0.25) is 10.0 Å². The van der Waals surface area contributed by atoms with E-state index in [0.29, 0.717) is 10.0 Å². The summed E-state index contributed by atoms with van der Waals surface area (Å²) < 4.78 is 0. The molecule has 1 aliphatic carbocycles. The number of benzene rings is 1. The average molecular weight is 291 g/mol. The minimum absolute atomic E-state index is 0.143. The van der Waals surface area contributed by atoms with Crippen LogP contribution in [0.1, 0.15) is 19.3 Å². The van der Waals surface area contributed by atoms with Crippen LogP contribution in [0.5, 0.6) is 0 Å². The van der Waals surface area contributed by atoms with Crippen molar-refractivity contribution in [3.63, 3.8) is 0 Å². The van der Waals surface area contributed by atoms with Crippen LogP contribution in [-0.2, 0) is 4.79 Å². The Labute approximate surface area is 114 Å². The Morgan fingerprint density at radius 3 is 2.71 bits per heavy atom. The molecule has 0 amide bonds. The van der Waals surface area contributed by atoms with E-state index in [-0.39, 0.29) is 11.2 Å². The summed E-state index contributed by atoms with van der Waals surface area (Å²) in [6, 6.07) is 5.43. The standard InChI is InChI=1S/C12H12Cl2O2S/c13-9-5-4-7(6-10(9)14)17-11-3-1-2-8(11)12(15)16/h4-6,8,11H,1-3H2,(H,15,16). The van der Waals surface area contributed by atoms with Crippen LogP contribution in [0.4, 0.5) is 0 Å². The van der Waals surface area contributed by atoms with Gasteiger partial charge in [-0.3, -0.25) is 4.79 Å². The summed E-state index contributed by atoms with van der Waals surface area (Å²) in [6.45, 7) is 0. The van der Waals surface area contributed by atoms with Gasteiger partial charge in [0.25, 0.3) is 0 Å². The van der Waals surface area contributed by atoms with Gasteiger partial charge in [0.15, 0.2) is 0 Å². The van der Waals surface area contributed by atoms with Gasteiger partial charge in [0, 0.05) is 10.1 Å². The Morgan fingerprint density at radius 1 is 1.29 bits per heavy atom. The van der Waals surface area contributed by atoms with Crippen molar-refractivity contribution >= 4 is 40.9 Å². The number of hydrogen-bond donors (Lipinski definition) is 1. The first kappa shape index (κ1) is 13.1. The Morgan fingerprint density at radius 2 is 2.06 bits per heavy atom. The highest BCUT2D eigenvalue weighted by Crippen LogP contribution is 2.40. The third kappa shape index (κ3) is 3.09. The zero-order valence-electron chi connectivity index (χ0n) is 9.03. The van der Waals surface area contributed by atoms with Gasteiger partial charge in [0.1, 0.15) is 0 Å². The summed E-state index contributed by atoms with van der Waals surface area (Å²) in [6.07, 6.45) is 2.70. The van der Waals surface area contributed by atoms with Crippen LogP contribution in [0.15, 0.2) is 23.1 Å². The molecular formula is C12H12Cl2O2S. The summed E-state index contributed by atoms with van der Waals surface area (Å²) >= 11 is 13.4. The van der Waals surface area contributed by atoms with E-state index in [0.717, 1.165) is 24.2 Å². The van der Waals surface area contributed by atoms with E-state index in [1.807, 2.05) is 6.07 Å². The summed E-state index contributed by atoms with van der Waals surface area (Å²) in [5.74, 6) is -0.936. The molecule has 1 aliphatic rings. The Balaban J connectivity index is 2.09. The minimum atomic E-state index is -0.694. The molecule has 5 heteroatoms. The molecule has 0 heterocycles. The first-order valence-electron chi connectivity index (χ1n) is 5.42. The van der Waals surface area contributed by atoms with Crippen LogP contribution >= 0.6 is 35.0 Å². The number of halogens is 2. The zero-order chi connectivity index (χ0) is 12.4. The maximum absolute atomic E-state index is 11.1. The van der Waals surface area contributed by atoms with E-state index in [1.54, 1.807) is 23.9 Å². The van der Waals surface area contributed by atoms with Gasteiger partial charge < -0.3 is 5.11 Å². The summed E-state index contributed by atoms with van der Waals surface area (Å²) in [7, 11) is 0. The Bertz CT molecular complexity index is 437. The maximum Gasteiger partial charge on any atom is 0.307 e. The molecule has 0 aliphatic heterocycles. The maximum atomic E-state index is 11.1. The fourth-order valence-electron chi connectivity index (χ4n) is 2.07. The zero-order valence-corrected chi connectivity index (χ0v) is 11.4. The van der Waals surface area contributed by atoms with Gasteiger partial charge in [0.2, 0.25) is 0 Å². The van der Waals surface area contributed by atoms with Gasteiger partial charge in [0.05, 0.1) is 16.0 Å². The van der Waals surface area contributed by atoms with Crippen molar-refractivity contribution in [3.8, 4) is 0 Å². The SMILES string of the molecule is O=C(O)C1CCCC1Sc1ccc(Cl)c(Cl)c1. The number of rotatable bonds is 3. The van der Waals surface area contributed by atoms with Crippen molar-refractivity contribution in [1.82, 2.24) is 0 Å². The molecule has 17 heavy (non-hydrogen) atoms. The molecule has 2 nitrogen and oxygen atoms in total.